The number of nitro groups is 1. The number of nitrogens with zero attached hydrogens (tertiary/aromatic N) is 2. The van der Waals surface area contributed by atoms with Crippen LogP contribution >= 0.6 is 15.9 Å². The Morgan fingerprint density at radius 2 is 2.05 bits per heavy atom. The number of benzene rings is 1. The molecule has 1 aromatic carbocycles. The Bertz CT molecular complexity index is 740. The van der Waals surface area contributed by atoms with Gasteiger partial charge in [0.05, 0.1) is 15.0 Å². The third-order valence-corrected chi connectivity index (χ3v) is 3.13. The number of nitrogens with one attached hydrogen (secondary N) is 1. The third kappa shape index (κ3) is 3.19. The Labute approximate surface area is 125 Å². The minimum Gasteiger partial charge on any atom is -0.322 e. The molecule has 9 heteroatoms. The highest BCUT2D eigenvalue weighted by Crippen LogP contribution is 2.28. The molecule has 2 aromatic rings. The van der Waals surface area contributed by atoms with Gasteiger partial charge in [0.25, 0.3) is 11.6 Å². The van der Waals surface area contributed by atoms with E-state index in [1.807, 2.05) is 0 Å². The van der Waals surface area contributed by atoms with Gasteiger partial charge >= 0.3 is 0 Å². The van der Waals surface area contributed by atoms with Gasteiger partial charge in [-0.05, 0) is 34.1 Å². The van der Waals surface area contributed by atoms with Crippen LogP contribution in [0.25, 0.3) is 0 Å². The van der Waals surface area contributed by atoms with Crippen LogP contribution in [-0.4, -0.2) is 15.8 Å². The van der Waals surface area contributed by atoms with Crippen molar-refractivity contribution in [1.29, 1.82) is 0 Å². The maximum absolute atomic E-state index is 13.4. The quantitative estimate of drug-likeness (QED) is 0.518. The number of carbonyl (C=O) groups excluding carboxylic acids is 1. The molecule has 0 aliphatic heterocycles. The maximum Gasteiger partial charge on any atom is 0.283 e. The highest BCUT2D eigenvalue weighted by molar-refractivity contribution is 9.10. The number of nitro benzene ring substituents is 1. The zero-order chi connectivity index (χ0) is 15.6. The zero-order valence-electron chi connectivity index (χ0n) is 10.1. The van der Waals surface area contributed by atoms with E-state index in [-0.39, 0.29) is 15.8 Å². The lowest BCUT2D eigenvalue weighted by atomic mass is 10.2. The average molecular weight is 358 g/mol. The second kappa shape index (κ2) is 5.92. The number of pyridine rings is 1. The van der Waals surface area contributed by atoms with Crippen LogP contribution in [0, 0.1) is 21.9 Å². The Morgan fingerprint density at radius 1 is 1.33 bits per heavy atom. The summed E-state index contributed by atoms with van der Waals surface area (Å²) in [5.41, 5.74) is -0.514. The van der Waals surface area contributed by atoms with Gasteiger partial charge in [-0.1, -0.05) is 0 Å². The molecule has 2 rings (SSSR count). The summed E-state index contributed by atoms with van der Waals surface area (Å²) in [6.45, 7) is 0. The number of hydrogen-bond donors (Lipinski definition) is 1. The van der Waals surface area contributed by atoms with Crippen molar-refractivity contribution >= 4 is 33.2 Å². The van der Waals surface area contributed by atoms with Crippen molar-refractivity contribution in [2.24, 2.45) is 0 Å². The summed E-state index contributed by atoms with van der Waals surface area (Å²) in [7, 11) is 0. The van der Waals surface area contributed by atoms with E-state index in [9.17, 15) is 23.7 Å². The van der Waals surface area contributed by atoms with Crippen LogP contribution in [0.15, 0.2) is 34.9 Å². The van der Waals surface area contributed by atoms with Crippen molar-refractivity contribution in [3.63, 3.8) is 0 Å². The highest BCUT2D eigenvalue weighted by Gasteiger charge is 2.17. The smallest absolute Gasteiger partial charge is 0.283 e. The molecule has 0 spiro atoms. The minimum atomic E-state index is -1.38. The van der Waals surface area contributed by atoms with Crippen LogP contribution < -0.4 is 5.32 Å². The lowest BCUT2D eigenvalue weighted by Gasteiger charge is -2.06. The van der Waals surface area contributed by atoms with E-state index < -0.39 is 28.2 Å². The lowest BCUT2D eigenvalue weighted by molar-refractivity contribution is -0.385. The van der Waals surface area contributed by atoms with Crippen molar-refractivity contribution in [3.8, 4) is 0 Å². The summed E-state index contributed by atoms with van der Waals surface area (Å²) in [6, 6.07) is 4.75. The molecule has 1 aromatic heterocycles. The Hall–Kier alpha value is -2.42. The molecule has 0 aliphatic rings. The standard InChI is InChI=1S/C12H6BrF2N3O3/c13-8-5-6(1-2-9(8)18(20)21)17-12(19)7-3-4-16-11(15)10(7)14/h1-5H,(H,17,19). The largest absolute Gasteiger partial charge is 0.322 e. The Balaban J connectivity index is 2.26. The average Bonchev–Trinajstić information content (AvgIpc) is 2.41. The fourth-order valence-corrected chi connectivity index (χ4v) is 2.05. The van der Waals surface area contributed by atoms with Crippen LogP contribution in [0.3, 0.4) is 0 Å². The molecule has 6 nitrogen and oxygen atoms in total. The molecule has 21 heavy (non-hydrogen) atoms. The molecule has 0 fully saturated rings. The van der Waals surface area contributed by atoms with Gasteiger partial charge in [-0.2, -0.15) is 4.39 Å². The predicted molar refractivity (Wildman–Crippen MR) is 72.9 cm³/mol. The van der Waals surface area contributed by atoms with Crippen LogP contribution in [0.2, 0.25) is 0 Å². The van der Waals surface area contributed by atoms with Crippen LogP contribution in [0.4, 0.5) is 20.2 Å². The fourth-order valence-electron chi connectivity index (χ4n) is 1.52. The summed E-state index contributed by atoms with van der Waals surface area (Å²) in [4.78, 5) is 24.9. The van der Waals surface area contributed by atoms with Gasteiger partial charge in [0.1, 0.15) is 0 Å². The number of anilines is 1. The normalized spacial score (nSPS) is 10.2. The highest BCUT2D eigenvalue weighted by atomic mass is 79.9. The van der Waals surface area contributed by atoms with Gasteiger partial charge in [0, 0.05) is 18.0 Å². The SMILES string of the molecule is O=C(Nc1ccc([N+](=O)[O-])c(Br)c1)c1ccnc(F)c1F. The van der Waals surface area contributed by atoms with Gasteiger partial charge in [-0.15, -0.1) is 0 Å². The number of hydrogen-bond acceptors (Lipinski definition) is 4. The van der Waals surface area contributed by atoms with E-state index in [4.69, 9.17) is 0 Å². The van der Waals surface area contributed by atoms with Crippen LogP contribution in [0.1, 0.15) is 10.4 Å². The fraction of sp³-hybridized carbons (Fsp3) is 0. The molecule has 108 valence electrons. The second-order valence-corrected chi connectivity index (χ2v) is 4.70. The monoisotopic (exact) mass is 357 g/mol. The summed E-state index contributed by atoms with van der Waals surface area (Å²) >= 11 is 2.98. The molecule has 1 heterocycles. The minimum absolute atomic E-state index is 0.145. The molecule has 0 saturated heterocycles. The number of amides is 1. The summed E-state index contributed by atoms with van der Waals surface area (Å²) < 4.78 is 26.5. The molecule has 0 atom stereocenters. The van der Waals surface area contributed by atoms with Gasteiger partial charge < -0.3 is 5.32 Å². The molecular weight excluding hydrogens is 352 g/mol. The molecule has 1 N–H and O–H groups in total. The van der Waals surface area contributed by atoms with Crippen molar-refractivity contribution in [2.45, 2.75) is 0 Å². The van der Waals surface area contributed by atoms with Crippen molar-refractivity contribution in [3.05, 3.63) is 62.4 Å². The van der Waals surface area contributed by atoms with Gasteiger partial charge in [0.2, 0.25) is 5.95 Å². The van der Waals surface area contributed by atoms with Crippen molar-refractivity contribution < 1.29 is 18.5 Å². The van der Waals surface area contributed by atoms with Crippen molar-refractivity contribution in [1.82, 2.24) is 4.98 Å². The van der Waals surface area contributed by atoms with E-state index >= 15 is 0 Å². The first-order chi connectivity index (χ1) is 9.90. The van der Waals surface area contributed by atoms with Gasteiger partial charge in [-0.25, -0.2) is 9.37 Å². The number of carbonyl (C=O) groups is 1. The number of halogens is 3. The molecule has 0 radical (unpaired) electrons. The maximum atomic E-state index is 13.4. The summed E-state index contributed by atoms with van der Waals surface area (Å²) in [5.74, 6) is -3.64. The zero-order valence-corrected chi connectivity index (χ0v) is 11.7. The molecular formula is C12H6BrF2N3O3. The summed E-state index contributed by atoms with van der Waals surface area (Å²) in [6.07, 6.45) is 0.957. The predicted octanol–water partition coefficient (Wildman–Crippen LogP) is 3.28. The van der Waals surface area contributed by atoms with Crippen molar-refractivity contribution in [2.75, 3.05) is 5.32 Å². The van der Waals surface area contributed by atoms with E-state index in [0.29, 0.717) is 0 Å². The lowest BCUT2D eigenvalue weighted by Crippen LogP contribution is -2.15. The molecule has 0 aliphatic carbocycles. The molecule has 0 saturated carbocycles. The van der Waals surface area contributed by atoms with Crippen LogP contribution in [-0.2, 0) is 0 Å². The van der Waals surface area contributed by atoms with E-state index in [2.05, 4.69) is 26.2 Å². The molecule has 1 amide bonds. The number of rotatable bonds is 3. The first kappa shape index (κ1) is 15.0. The Kier molecular flexibility index (Phi) is 4.22. The van der Waals surface area contributed by atoms with E-state index in [1.165, 1.54) is 18.2 Å². The number of aromatic nitrogens is 1. The van der Waals surface area contributed by atoms with Gasteiger partial charge in [-0.3, -0.25) is 14.9 Å². The topological polar surface area (TPSA) is 85.1 Å². The second-order valence-electron chi connectivity index (χ2n) is 3.84. The van der Waals surface area contributed by atoms with Gasteiger partial charge in [0.15, 0.2) is 5.82 Å². The third-order valence-electron chi connectivity index (χ3n) is 2.49. The van der Waals surface area contributed by atoms with E-state index in [1.54, 1.807) is 0 Å². The first-order valence-corrected chi connectivity index (χ1v) is 6.24. The molecule has 0 unspecified atom stereocenters. The summed E-state index contributed by atoms with van der Waals surface area (Å²) in [5, 5.41) is 13.0. The Morgan fingerprint density at radius 3 is 2.67 bits per heavy atom. The molecule has 0 bridgehead atoms. The van der Waals surface area contributed by atoms with E-state index in [0.717, 1.165) is 12.3 Å². The van der Waals surface area contributed by atoms with Crippen LogP contribution in [0.5, 0.6) is 0 Å². The first-order valence-electron chi connectivity index (χ1n) is 5.45.